The number of pyridine rings is 1. The van der Waals surface area contributed by atoms with Crippen LogP contribution in [0.5, 0.6) is 0 Å². The summed E-state index contributed by atoms with van der Waals surface area (Å²) in [6.07, 6.45) is 1.41. The van der Waals surface area contributed by atoms with Crippen LogP contribution in [0.3, 0.4) is 0 Å². The van der Waals surface area contributed by atoms with E-state index in [-0.39, 0.29) is 0 Å². The van der Waals surface area contributed by atoms with E-state index in [0.29, 0.717) is 17.1 Å². The molecule has 0 saturated heterocycles. The third-order valence-electron chi connectivity index (χ3n) is 1.68. The quantitative estimate of drug-likeness (QED) is 0.553. The lowest BCUT2D eigenvalue weighted by molar-refractivity contribution is 0.0602. The van der Waals surface area contributed by atoms with E-state index in [2.05, 4.69) is 15.1 Å². The number of hydrogen-bond donors (Lipinski definition) is 2. The molecule has 1 rings (SSSR count). The Labute approximate surface area is 88.0 Å². The Morgan fingerprint density at radius 2 is 2.27 bits per heavy atom. The van der Waals surface area contributed by atoms with Crippen LogP contribution in [0.2, 0.25) is 0 Å². The van der Waals surface area contributed by atoms with E-state index in [1.54, 1.807) is 11.1 Å². The summed E-state index contributed by atoms with van der Waals surface area (Å²) in [5.74, 6) is 0.0614. The van der Waals surface area contributed by atoms with Crippen LogP contribution in [0, 0.1) is 0 Å². The normalized spacial score (nSPS) is 10.1. The van der Waals surface area contributed by atoms with Gasteiger partial charge in [-0.15, -0.1) is 0 Å². The first-order chi connectivity index (χ1) is 7.04. The second kappa shape index (κ2) is 4.61. The maximum atomic E-state index is 11.3. The molecule has 0 amide bonds. The fourth-order valence-corrected chi connectivity index (χ4v) is 1.04. The Hall–Kier alpha value is -1.82. The molecule has 0 radical (unpaired) electrons. The van der Waals surface area contributed by atoms with Crippen molar-refractivity contribution in [3.8, 4) is 0 Å². The van der Waals surface area contributed by atoms with E-state index >= 15 is 0 Å². The van der Waals surface area contributed by atoms with Crippen LogP contribution in [-0.4, -0.2) is 37.2 Å². The van der Waals surface area contributed by atoms with Gasteiger partial charge in [0.1, 0.15) is 5.82 Å². The van der Waals surface area contributed by atoms with Gasteiger partial charge < -0.3 is 15.9 Å². The number of rotatable bonds is 3. The number of ether oxygens (including phenoxy) is 1. The molecule has 0 atom stereocenters. The maximum absolute atomic E-state index is 11.3. The average Bonchev–Trinajstić information content (AvgIpc) is 2.19. The smallest absolute Gasteiger partial charge is 0.340 e. The van der Waals surface area contributed by atoms with Crippen LogP contribution >= 0.6 is 0 Å². The lowest BCUT2D eigenvalue weighted by atomic mass is 10.2. The predicted molar refractivity (Wildman–Crippen MR) is 57.3 cm³/mol. The number of carbonyl (C=O) groups is 1. The van der Waals surface area contributed by atoms with Crippen LogP contribution in [0.25, 0.3) is 0 Å². The number of methoxy groups -OCH3 is 1. The van der Waals surface area contributed by atoms with Crippen molar-refractivity contribution in [2.24, 2.45) is 0 Å². The predicted octanol–water partition coefficient (Wildman–Crippen LogP) is 0.339. The molecule has 82 valence electrons. The summed E-state index contributed by atoms with van der Waals surface area (Å²) in [5.41, 5.74) is 9.10. The van der Waals surface area contributed by atoms with Crippen molar-refractivity contribution in [3.05, 3.63) is 17.8 Å². The molecule has 0 aliphatic rings. The highest BCUT2D eigenvalue weighted by Crippen LogP contribution is 2.15. The van der Waals surface area contributed by atoms with Gasteiger partial charge in [0.05, 0.1) is 24.6 Å². The zero-order valence-corrected chi connectivity index (χ0v) is 8.94. The summed E-state index contributed by atoms with van der Waals surface area (Å²) in [6.45, 7) is 0. The summed E-state index contributed by atoms with van der Waals surface area (Å²) in [5, 5.41) is 1.71. The van der Waals surface area contributed by atoms with Crippen molar-refractivity contribution in [1.29, 1.82) is 0 Å². The van der Waals surface area contributed by atoms with Gasteiger partial charge in [-0.2, -0.15) is 0 Å². The molecule has 15 heavy (non-hydrogen) atoms. The van der Waals surface area contributed by atoms with Gasteiger partial charge >= 0.3 is 5.97 Å². The van der Waals surface area contributed by atoms with Gasteiger partial charge in [-0.3, -0.25) is 0 Å². The second-order valence-electron chi connectivity index (χ2n) is 3.15. The van der Waals surface area contributed by atoms with Gasteiger partial charge in [0.25, 0.3) is 0 Å². The zero-order chi connectivity index (χ0) is 11.4. The molecular formula is C9H14N4O2. The Kier molecular flexibility index (Phi) is 3.46. The number of anilines is 2. The summed E-state index contributed by atoms with van der Waals surface area (Å²) in [7, 11) is 4.94. The fourth-order valence-electron chi connectivity index (χ4n) is 1.04. The monoisotopic (exact) mass is 210 g/mol. The lowest BCUT2D eigenvalue weighted by Gasteiger charge is -2.13. The first kappa shape index (κ1) is 11.3. The molecule has 0 saturated carbocycles. The van der Waals surface area contributed by atoms with Crippen molar-refractivity contribution in [3.63, 3.8) is 0 Å². The minimum absolute atomic E-state index is 0.297. The van der Waals surface area contributed by atoms with E-state index in [0.717, 1.165) is 0 Å². The highest BCUT2D eigenvalue weighted by molar-refractivity contribution is 5.95. The molecule has 3 N–H and O–H groups in total. The average molecular weight is 210 g/mol. The molecule has 1 aromatic heterocycles. The molecule has 0 aromatic carbocycles. The minimum Gasteiger partial charge on any atom is -0.465 e. The fraction of sp³-hybridized carbons (Fsp3) is 0.333. The number of hydrogen-bond acceptors (Lipinski definition) is 6. The first-order valence-corrected chi connectivity index (χ1v) is 4.32. The number of nitrogens with one attached hydrogen (secondary N) is 1. The summed E-state index contributed by atoms with van der Waals surface area (Å²) in [6, 6.07) is 1.54. The van der Waals surface area contributed by atoms with E-state index in [9.17, 15) is 4.79 Å². The molecule has 6 heteroatoms. The Bertz CT molecular complexity index is 365. The van der Waals surface area contributed by atoms with Crippen molar-refractivity contribution in [2.45, 2.75) is 0 Å². The standard InChI is InChI=1S/C9H14N4O2/c1-13(2)12-8-4-6(9(14)15-3)7(10)5-11-8/h4-5H,10H2,1-3H3,(H,11,12). The highest BCUT2D eigenvalue weighted by Gasteiger charge is 2.11. The van der Waals surface area contributed by atoms with Crippen LogP contribution in [0.15, 0.2) is 12.3 Å². The van der Waals surface area contributed by atoms with Gasteiger partial charge in [-0.1, -0.05) is 0 Å². The molecule has 1 aromatic rings. The molecule has 0 fully saturated rings. The zero-order valence-electron chi connectivity index (χ0n) is 8.94. The number of nitrogens with zero attached hydrogens (tertiary/aromatic N) is 2. The number of carbonyl (C=O) groups excluding carboxylic acids is 1. The molecule has 0 aliphatic heterocycles. The summed E-state index contributed by atoms with van der Waals surface area (Å²) < 4.78 is 4.59. The van der Waals surface area contributed by atoms with Gasteiger partial charge in [0, 0.05) is 14.1 Å². The maximum Gasteiger partial charge on any atom is 0.340 e. The van der Waals surface area contributed by atoms with Crippen LogP contribution in [-0.2, 0) is 4.74 Å². The molecule has 0 unspecified atom stereocenters. The van der Waals surface area contributed by atoms with Crippen LogP contribution in [0.1, 0.15) is 10.4 Å². The summed E-state index contributed by atoms with van der Waals surface area (Å²) in [4.78, 5) is 15.3. The van der Waals surface area contributed by atoms with Gasteiger partial charge in [0.15, 0.2) is 0 Å². The Morgan fingerprint density at radius 3 is 2.80 bits per heavy atom. The molecule has 1 heterocycles. The van der Waals surface area contributed by atoms with Crippen molar-refractivity contribution in [1.82, 2.24) is 9.99 Å². The van der Waals surface area contributed by atoms with Gasteiger partial charge in [-0.25, -0.2) is 14.8 Å². The van der Waals surface area contributed by atoms with E-state index in [4.69, 9.17) is 5.73 Å². The summed E-state index contributed by atoms with van der Waals surface area (Å²) >= 11 is 0. The first-order valence-electron chi connectivity index (χ1n) is 4.32. The number of esters is 1. The SMILES string of the molecule is COC(=O)c1cc(NN(C)C)ncc1N. The number of aromatic nitrogens is 1. The highest BCUT2D eigenvalue weighted by atomic mass is 16.5. The van der Waals surface area contributed by atoms with E-state index in [1.165, 1.54) is 13.3 Å². The third-order valence-corrected chi connectivity index (χ3v) is 1.68. The molecule has 0 spiro atoms. The Morgan fingerprint density at radius 1 is 1.60 bits per heavy atom. The van der Waals surface area contributed by atoms with Crippen molar-refractivity contribution < 1.29 is 9.53 Å². The third kappa shape index (κ3) is 2.81. The van der Waals surface area contributed by atoms with Crippen LogP contribution < -0.4 is 11.2 Å². The molecule has 6 nitrogen and oxygen atoms in total. The van der Waals surface area contributed by atoms with Gasteiger partial charge in [0.2, 0.25) is 0 Å². The largest absolute Gasteiger partial charge is 0.465 e. The molecular weight excluding hydrogens is 196 g/mol. The molecule has 0 aliphatic carbocycles. The minimum atomic E-state index is -0.475. The van der Waals surface area contributed by atoms with Gasteiger partial charge in [-0.05, 0) is 6.07 Å². The van der Waals surface area contributed by atoms with E-state index < -0.39 is 5.97 Å². The topological polar surface area (TPSA) is 80.5 Å². The lowest BCUT2D eigenvalue weighted by Crippen LogP contribution is -2.21. The van der Waals surface area contributed by atoms with E-state index in [1.807, 2.05) is 14.1 Å². The van der Waals surface area contributed by atoms with Crippen LogP contribution in [0.4, 0.5) is 11.5 Å². The second-order valence-corrected chi connectivity index (χ2v) is 3.15. The number of nitrogens with two attached hydrogens (primary N) is 1. The Balaban J connectivity index is 3.00. The molecule has 0 bridgehead atoms. The van der Waals surface area contributed by atoms with Crippen molar-refractivity contribution in [2.75, 3.05) is 32.4 Å². The van der Waals surface area contributed by atoms with Crippen molar-refractivity contribution >= 4 is 17.5 Å². The number of nitrogen functional groups attached to an aromatic ring is 1. The number of hydrazine groups is 1.